The summed E-state index contributed by atoms with van der Waals surface area (Å²) in [5.41, 5.74) is 0.746. The summed E-state index contributed by atoms with van der Waals surface area (Å²) in [6.45, 7) is 5.00. The summed E-state index contributed by atoms with van der Waals surface area (Å²) in [6.07, 6.45) is 1.57. The second-order valence-electron chi connectivity index (χ2n) is 9.15. The highest BCUT2D eigenvalue weighted by molar-refractivity contribution is 7.89. The summed E-state index contributed by atoms with van der Waals surface area (Å²) >= 11 is 0. The van der Waals surface area contributed by atoms with Crippen LogP contribution in [0.25, 0.3) is 10.9 Å². The molecular weight excluding hydrogens is 498 g/mol. The van der Waals surface area contributed by atoms with E-state index in [4.69, 9.17) is 9.47 Å². The number of ether oxygens (including phenoxy) is 2. The van der Waals surface area contributed by atoms with Gasteiger partial charge in [-0.2, -0.15) is 9.98 Å². The Hall–Kier alpha value is -4.01. The summed E-state index contributed by atoms with van der Waals surface area (Å²) in [5, 5.41) is 19.7. The molecule has 0 spiro atoms. The maximum Gasteiger partial charge on any atom is 0.335 e. The molecule has 0 saturated heterocycles. The lowest BCUT2D eigenvalue weighted by Gasteiger charge is -2.21. The lowest BCUT2D eigenvalue weighted by Crippen LogP contribution is -2.37. The number of pyridine rings is 1. The summed E-state index contributed by atoms with van der Waals surface area (Å²) in [7, 11) is -4.37. The molecule has 2 aromatic carbocycles. The van der Waals surface area contributed by atoms with Crippen LogP contribution in [0.1, 0.15) is 43.1 Å². The van der Waals surface area contributed by atoms with Gasteiger partial charge in [0.2, 0.25) is 10.0 Å². The number of carboxylic acids is 1. The van der Waals surface area contributed by atoms with Crippen molar-refractivity contribution in [3.63, 3.8) is 0 Å². The monoisotopic (exact) mass is 525 g/mol. The Balaban J connectivity index is 1.82. The zero-order valence-electron chi connectivity index (χ0n) is 20.6. The number of aromatic carboxylic acids is 1. The van der Waals surface area contributed by atoms with E-state index in [1.807, 2.05) is 30.3 Å². The second-order valence-corrected chi connectivity index (χ2v) is 10.8. The molecule has 0 aliphatic heterocycles. The van der Waals surface area contributed by atoms with E-state index in [9.17, 15) is 28.4 Å². The van der Waals surface area contributed by atoms with Gasteiger partial charge in [0.15, 0.2) is 0 Å². The van der Waals surface area contributed by atoms with E-state index in [-0.39, 0.29) is 22.8 Å². The van der Waals surface area contributed by atoms with Crippen LogP contribution in [0.3, 0.4) is 0 Å². The number of benzene rings is 2. The van der Waals surface area contributed by atoms with Crippen LogP contribution >= 0.6 is 0 Å². The molecule has 11 heteroatoms. The number of esters is 1. The van der Waals surface area contributed by atoms with Gasteiger partial charge < -0.3 is 14.6 Å². The maximum atomic E-state index is 13.1. The van der Waals surface area contributed by atoms with Crippen LogP contribution in [0, 0.1) is 11.3 Å². The summed E-state index contributed by atoms with van der Waals surface area (Å²) in [5.74, 6) is -2.20. The van der Waals surface area contributed by atoms with Crippen LogP contribution in [0.5, 0.6) is 5.75 Å². The smallest absolute Gasteiger partial charge is 0.335 e. The zero-order valence-corrected chi connectivity index (χ0v) is 21.4. The molecule has 0 aliphatic rings. The Morgan fingerprint density at radius 1 is 1.16 bits per heavy atom. The normalized spacial score (nSPS) is 12.5. The third-order valence-corrected chi connectivity index (χ3v) is 6.60. The van der Waals surface area contributed by atoms with E-state index < -0.39 is 40.0 Å². The molecule has 1 aromatic heterocycles. The topological polar surface area (TPSA) is 156 Å². The Kier molecular flexibility index (Phi) is 8.47. The number of hydrogen-bond acceptors (Lipinski definition) is 8. The third kappa shape index (κ3) is 7.49. The fraction of sp³-hybridized carbons (Fsp3) is 0.308. The standard InChI is InChI=1S/C26H27N3O7S/c1-26(2,3)36-24(30)15-19(16-27)29-37(33,34)23-10-9-18(25(31)32)14-22(23)35-13-11-17-6-4-8-21-20(17)7-5-12-28-21/h4-10,12,14,19,29H,11,13,15H2,1-3H3,(H,31,32)/t19-/m0/s1. The quantitative estimate of drug-likeness (QED) is 0.378. The number of nitriles is 1. The number of nitrogens with one attached hydrogen (secondary N) is 1. The molecule has 3 rings (SSSR count). The van der Waals surface area contributed by atoms with Gasteiger partial charge in [-0.25, -0.2) is 13.2 Å². The fourth-order valence-corrected chi connectivity index (χ4v) is 4.81. The first kappa shape index (κ1) is 27.6. The molecule has 0 radical (unpaired) electrons. The first-order chi connectivity index (χ1) is 17.4. The number of hydrogen-bond donors (Lipinski definition) is 2. The van der Waals surface area contributed by atoms with Crippen molar-refractivity contribution in [2.24, 2.45) is 0 Å². The number of aromatic nitrogens is 1. The molecule has 1 heterocycles. The van der Waals surface area contributed by atoms with Gasteiger partial charge in [-0.3, -0.25) is 9.78 Å². The van der Waals surface area contributed by atoms with Gasteiger partial charge in [0.1, 0.15) is 22.3 Å². The number of sulfonamides is 1. The highest BCUT2D eigenvalue weighted by Crippen LogP contribution is 2.27. The molecule has 0 unspecified atom stereocenters. The number of rotatable bonds is 10. The average Bonchev–Trinajstić information content (AvgIpc) is 2.82. The first-order valence-electron chi connectivity index (χ1n) is 11.4. The minimum absolute atomic E-state index is 0.0409. The molecule has 37 heavy (non-hydrogen) atoms. The Labute approximate surface area is 214 Å². The summed E-state index contributed by atoms with van der Waals surface area (Å²) in [6, 6.07) is 13.0. The number of carbonyl (C=O) groups excluding carboxylic acids is 1. The SMILES string of the molecule is CC(C)(C)OC(=O)C[C@@H](C#N)NS(=O)(=O)c1ccc(C(=O)O)cc1OCCc1cccc2ncccc12. The van der Waals surface area contributed by atoms with Crippen LogP contribution in [-0.2, 0) is 26.0 Å². The van der Waals surface area contributed by atoms with Crippen LogP contribution < -0.4 is 9.46 Å². The number of carbonyl (C=O) groups is 2. The van der Waals surface area contributed by atoms with Crippen LogP contribution in [0.4, 0.5) is 0 Å². The van der Waals surface area contributed by atoms with E-state index in [1.165, 1.54) is 0 Å². The van der Waals surface area contributed by atoms with E-state index in [0.717, 1.165) is 34.7 Å². The average molecular weight is 526 g/mol. The molecule has 194 valence electrons. The largest absolute Gasteiger partial charge is 0.492 e. The van der Waals surface area contributed by atoms with Crippen LogP contribution in [-0.4, -0.2) is 48.7 Å². The van der Waals surface area contributed by atoms with Gasteiger partial charge in [-0.1, -0.05) is 18.2 Å². The van der Waals surface area contributed by atoms with Crippen LogP contribution in [0.2, 0.25) is 0 Å². The molecule has 1 atom stereocenters. The van der Waals surface area contributed by atoms with Crippen LogP contribution in [0.15, 0.2) is 59.6 Å². The van der Waals surface area contributed by atoms with Crippen molar-refractivity contribution in [1.82, 2.24) is 9.71 Å². The molecule has 0 bridgehead atoms. The lowest BCUT2D eigenvalue weighted by atomic mass is 10.1. The third-order valence-electron chi connectivity index (χ3n) is 5.09. The minimum Gasteiger partial charge on any atom is -0.492 e. The lowest BCUT2D eigenvalue weighted by molar-refractivity contribution is -0.154. The summed E-state index contributed by atoms with van der Waals surface area (Å²) in [4.78, 5) is 27.5. The first-order valence-corrected chi connectivity index (χ1v) is 12.8. The summed E-state index contributed by atoms with van der Waals surface area (Å²) < 4.78 is 39.3. The highest BCUT2D eigenvalue weighted by atomic mass is 32.2. The van der Waals surface area contributed by atoms with Crippen molar-refractivity contribution in [2.75, 3.05) is 6.61 Å². The Morgan fingerprint density at radius 3 is 2.59 bits per heavy atom. The fourth-order valence-electron chi connectivity index (χ4n) is 3.55. The highest BCUT2D eigenvalue weighted by Gasteiger charge is 2.28. The molecule has 2 N–H and O–H groups in total. The van der Waals surface area contributed by atoms with E-state index >= 15 is 0 Å². The zero-order chi connectivity index (χ0) is 27.2. The number of fused-ring (bicyclic) bond motifs is 1. The Bertz CT molecular complexity index is 1450. The minimum atomic E-state index is -4.37. The van der Waals surface area contributed by atoms with Gasteiger partial charge in [-0.15, -0.1) is 0 Å². The maximum absolute atomic E-state index is 13.1. The molecule has 0 saturated carbocycles. The molecular formula is C26H27N3O7S. The van der Waals surface area contributed by atoms with Crippen molar-refractivity contribution < 1.29 is 32.6 Å². The number of carboxylic acid groups (broad SMARTS) is 1. The van der Waals surface area contributed by atoms with Crippen molar-refractivity contribution >= 4 is 32.9 Å². The number of nitrogens with zero attached hydrogens (tertiary/aromatic N) is 2. The molecule has 0 amide bonds. The van der Waals surface area contributed by atoms with Gasteiger partial charge in [0.05, 0.1) is 30.2 Å². The van der Waals surface area contributed by atoms with Crippen molar-refractivity contribution in [3.8, 4) is 11.8 Å². The molecule has 10 nitrogen and oxygen atoms in total. The van der Waals surface area contributed by atoms with E-state index in [1.54, 1.807) is 33.0 Å². The van der Waals surface area contributed by atoms with Gasteiger partial charge in [-0.05, 0) is 56.7 Å². The van der Waals surface area contributed by atoms with Gasteiger partial charge in [0, 0.05) is 18.0 Å². The van der Waals surface area contributed by atoms with Gasteiger partial charge >= 0.3 is 11.9 Å². The second kappa shape index (κ2) is 11.4. The Morgan fingerprint density at radius 2 is 1.92 bits per heavy atom. The van der Waals surface area contributed by atoms with E-state index in [0.29, 0.717) is 6.42 Å². The van der Waals surface area contributed by atoms with E-state index in [2.05, 4.69) is 9.71 Å². The van der Waals surface area contributed by atoms with Crippen molar-refractivity contribution in [3.05, 3.63) is 65.9 Å². The predicted molar refractivity (Wildman–Crippen MR) is 135 cm³/mol. The predicted octanol–water partition coefficient (Wildman–Crippen LogP) is 3.46. The van der Waals surface area contributed by atoms with Gasteiger partial charge in [0.25, 0.3) is 0 Å². The molecule has 0 aliphatic carbocycles. The van der Waals surface area contributed by atoms with Crippen molar-refractivity contribution in [2.45, 2.75) is 50.2 Å². The molecule has 3 aromatic rings. The van der Waals surface area contributed by atoms with Crippen molar-refractivity contribution in [1.29, 1.82) is 5.26 Å². The molecule has 0 fully saturated rings.